The molecule has 2 amide bonds. The highest BCUT2D eigenvalue weighted by Crippen LogP contribution is 2.28. The summed E-state index contributed by atoms with van der Waals surface area (Å²) in [5.41, 5.74) is 0.981. The minimum Gasteiger partial charge on any atom is -0.352 e. The maximum absolute atomic E-state index is 11.8. The number of hydrogen-bond acceptors (Lipinski definition) is 3. The molecule has 1 saturated heterocycles. The van der Waals surface area contributed by atoms with Crippen molar-refractivity contribution in [3.63, 3.8) is 0 Å². The van der Waals surface area contributed by atoms with Gasteiger partial charge in [-0.3, -0.25) is 9.59 Å². The van der Waals surface area contributed by atoms with E-state index < -0.39 is 0 Å². The van der Waals surface area contributed by atoms with Crippen LogP contribution in [-0.4, -0.2) is 17.4 Å². The van der Waals surface area contributed by atoms with Crippen molar-refractivity contribution in [3.8, 4) is 0 Å². The summed E-state index contributed by atoms with van der Waals surface area (Å²) in [6.45, 7) is 2.66. The molecule has 19 heavy (non-hydrogen) atoms. The largest absolute Gasteiger partial charge is 0.352 e. The van der Waals surface area contributed by atoms with Crippen molar-refractivity contribution >= 4 is 23.2 Å². The molecule has 1 aromatic heterocycles. The molecule has 0 radical (unpaired) electrons. The first-order chi connectivity index (χ1) is 9.13. The predicted octanol–water partition coefficient (Wildman–Crippen LogP) is 2.20. The molecule has 1 aliphatic rings. The zero-order valence-electron chi connectivity index (χ0n) is 11.2. The van der Waals surface area contributed by atoms with Crippen molar-refractivity contribution in [2.75, 3.05) is 0 Å². The van der Waals surface area contributed by atoms with Crippen molar-refractivity contribution < 1.29 is 9.59 Å². The highest BCUT2D eigenvalue weighted by Gasteiger charge is 2.35. The normalized spacial score (nSPS) is 22.3. The van der Waals surface area contributed by atoms with Gasteiger partial charge in [-0.05, 0) is 41.7 Å². The third-order valence-electron chi connectivity index (χ3n) is 3.81. The van der Waals surface area contributed by atoms with Gasteiger partial charge in [-0.1, -0.05) is 6.92 Å². The fourth-order valence-electron chi connectivity index (χ4n) is 2.44. The van der Waals surface area contributed by atoms with Gasteiger partial charge < -0.3 is 10.6 Å². The second-order valence-electron chi connectivity index (χ2n) is 5.09. The number of carbonyl (C=O) groups is 2. The van der Waals surface area contributed by atoms with Crippen LogP contribution in [0.5, 0.6) is 0 Å². The van der Waals surface area contributed by atoms with Gasteiger partial charge in [0, 0.05) is 24.9 Å². The summed E-state index contributed by atoms with van der Waals surface area (Å²) < 4.78 is 0. The molecule has 1 atom stereocenters. The van der Waals surface area contributed by atoms with Gasteiger partial charge in [0.25, 0.3) is 0 Å². The van der Waals surface area contributed by atoms with Gasteiger partial charge >= 0.3 is 0 Å². The van der Waals surface area contributed by atoms with Crippen LogP contribution in [0.25, 0.3) is 0 Å². The van der Waals surface area contributed by atoms with E-state index in [1.54, 1.807) is 11.3 Å². The molecule has 1 aromatic rings. The van der Waals surface area contributed by atoms with Crippen LogP contribution in [0.4, 0.5) is 0 Å². The molecular weight excluding hydrogens is 260 g/mol. The molecule has 0 aromatic carbocycles. The standard InChI is InChI=1S/C14H20N2O2S/c1-2-14(7-4-13(18)16-14)6-3-12(17)15-9-11-5-8-19-10-11/h5,8,10H,2-4,6-7,9H2,1H3,(H,15,17)(H,16,18)/t14-/m0/s1. The molecule has 0 bridgehead atoms. The SMILES string of the molecule is CC[C@]1(CCC(=O)NCc2ccsc2)CCC(=O)N1. The van der Waals surface area contributed by atoms with Crippen LogP contribution in [0, 0.1) is 0 Å². The van der Waals surface area contributed by atoms with Crippen molar-refractivity contribution in [1.29, 1.82) is 0 Å². The second kappa shape index (κ2) is 6.19. The Hall–Kier alpha value is -1.36. The summed E-state index contributed by atoms with van der Waals surface area (Å²) in [7, 11) is 0. The smallest absolute Gasteiger partial charge is 0.220 e. The van der Waals surface area contributed by atoms with Crippen molar-refractivity contribution in [1.82, 2.24) is 10.6 Å². The van der Waals surface area contributed by atoms with Crippen LogP contribution < -0.4 is 10.6 Å². The minimum absolute atomic E-state index is 0.0557. The average molecular weight is 280 g/mol. The molecule has 104 valence electrons. The third kappa shape index (κ3) is 3.80. The summed E-state index contributed by atoms with van der Waals surface area (Å²) in [6.07, 6.45) is 3.52. The summed E-state index contributed by atoms with van der Waals surface area (Å²) in [6, 6.07) is 2.01. The van der Waals surface area contributed by atoms with Gasteiger partial charge in [0.15, 0.2) is 0 Å². The molecule has 2 rings (SSSR count). The second-order valence-corrected chi connectivity index (χ2v) is 5.87. The van der Waals surface area contributed by atoms with Crippen LogP contribution in [0.15, 0.2) is 16.8 Å². The summed E-state index contributed by atoms with van der Waals surface area (Å²) in [5, 5.41) is 9.98. The quantitative estimate of drug-likeness (QED) is 0.839. The van der Waals surface area contributed by atoms with Crippen LogP contribution in [0.3, 0.4) is 0 Å². The number of hydrogen-bond donors (Lipinski definition) is 2. The van der Waals surface area contributed by atoms with Gasteiger partial charge in [-0.15, -0.1) is 0 Å². The van der Waals surface area contributed by atoms with E-state index in [2.05, 4.69) is 17.6 Å². The predicted molar refractivity (Wildman–Crippen MR) is 75.8 cm³/mol. The lowest BCUT2D eigenvalue weighted by molar-refractivity contribution is -0.122. The summed E-state index contributed by atoms with van der Waals surface area (Å²) >= 11 is 1.63. The van der Waals surface area contributed by atoms with Crippen LogP contribution in [-0.2, 0) is 16.1 Å². The number of rotatable bonds is 6. The van der Waals surface area contributed by atoms with Crippen LogP contribution in [0.2, 0.25) is 0 Å². The van der Waals surface area contributed by atoms with Gasteiger partial charge in [0.1, 0.15) is 0 Å². The molecule has 0 saturated carbocycles. The number of carbonyl (C=O) groups excluding carboxylic acids is 2. The highest BCUT2D eigenvalue weighted by molar-refractivity contribution is 7.07. The molecule has 2 heterocycles. The monoisotopic (exact) mass is 280 g/mol. The van der Waals surface area contributed by atoms with E-state index in [1.165, 1.54) is 0 Å². The van der Waals surface area contributed by atoms with E-state index in [4.69, 9.17) is 0 Å². The van der Waals surface area contributed by atoms with Gasteiger partial charge in [0.2, 0.25) is 11.8 Å². The molecule has 1 fully saturated rings. The minimum atomic E-state index is -0.156. The van der Waals surface area contributed by atoms with Crippen LogP contribution >= 0.6 is 11.3 Å². The fraction of sp³-hybridized carbons (Fsp3) is 0.571. The fourth-order valence-corrected chi connectivity index (χ4v) is 3.11. The van der Waals surface area contributed by atoms with E-state index >= 15 is 0 Å². The Bertz CT molecular complexity index is 444. The van der Waals surface area contributed by atoms with E-state index in [0.717, 1.165) is 24.8 Å². The number of nitrogens with one attached hydrogen (secondary N) is 2. The average Bonchev–Trinajstić information content (AvgIpc) is 3.04. The lowest BCUT2D eigenvalue weighted by Gasteiger charge is -2.27. The maximum atomic E-state index is 11.8. The van der Waals surface area contributed by atoms with E-state index in [1.807, 2.05) is 16.8 Å². The molecule has 0 unspecified atom stereocenters. The molecule has 2 N–H and O–H groups in total. The lowest BCUT2D eigenvalue weighted by atomic mass is 9.89. The van der Waals surface area contributed by atoms with E-state index in [9.17, 15) is 9.59 Å². The molecule has 5 heteroatoms. The molecule has 0 spiro atoms. The van der Waals surface area contributed by atoms with Crippen molar-refractivity contribution in [2.24, 2.45) is 0 Å². The Morgan fingerprint density at radius 2 is 2.42 bits per heavy atom. The van der Waals surface area contributed by atoms with Crippen molar-refractivity contribution in [3.05, 3.63) is 22.4 Å². The first-order valence-electron chi connectivity index (χ1n) is 6.72. The molecular formula is C14H20N2O2S. The summed E-state index contributed by atoms with van der Waals surface area (Å²) in [5.74, 6) is 0.167. The van der Waals surface area contributed by atoms with E-state index in [0.29, 0.717) is 19.4 Å². The Morgan fingerprint density at radius 1 is 1.58 bits per heavy atom. The van der Waals surface area contributed by atoms with Gasteiger partial charge in [0.05, 0.1) is 0 Å². The Labute approximate surface area is 117 Å². The zero-order valence-corrected chi connectivity index (χ0v) is 12.0. The highest BCUT2D eigenvalue weighted by atomic mass is 32.1. The zero-order chi connectivity index (χ0) is 13.7. The van der Waals surface area contributed by atoms with Crippen LogP contribution in [0.1, 0.15) is 44.6 Å². The number of thiophene rings is 1. The first kappa shape index (κ1) is 14.1. The Morgan fingerprint density at radius 3 is 3.00 bits per heavy atom. The van der Waals surface area contributed by atoms with Crippen molar-refractivity contribution in [2.45, 2.75) is 51.1 Å². The number of amides is 2. The topological polar surface area (TPSA) is 58.2 Å². The molecule has 0 aliphatic carbocycles. The maximum Gasteiger partial charge on any atom is 0.220 e. The Balaban J connectivity index is 1.75. The lowest BCUT2D eigenvalue weighted by Crippen LogP contribution is -2.42. The van der Waals surface area contributed by atoms with Gasteiger partial charge in [-0.2, -0.15) is 11.3 Å². The third-order valence-corrected chi connectivity index (χ3v) is 4.54. The summed E-state index contributed by atoms with van der Waals surface area (Å²) in [4.78, 5) is 23.1. The van der Waals surface area contributed by atoms with E-state index in [-0.39, 0.29) is 17.4 Å². The molecule has 4 nitrogen and oxygen atoms in total. The Kier molecular flexibility index (Phi) is 4.58. The molecule has 1 aliphatic heterocycles. The first-order valence-corrected chi connectivity index (χ1v) is 7.67. The van der Waals surface area contributed by atoms with Gasteiger partial charge in [-0.25, -0.2) is 0 Å².